The first-order valence-electron chi connectivity index (χ1n) is 9.55. The molecule has 4 rings (SSSR count). The van der Waals surface area contributed by atoms with Gasteiger partial charge in [-0.25, -0.2) is 8.42 Å². The minimum atomic E-state index is -3.10. The molecule has 9 heteroatoms. The molecule has 0 spiro atoms. The van der Waals surface area contributed by atoms with Crippen LogP contribution in [0.4, 0.5) is 5.69 Å². The standard InChI is InChI=1S/C19H22BrClN2O3S2/c20-13-6-7-15(14(21)9-13)23-16-10-28(25,26)11-17(16)27-19(23)22-18(24)8-5-12-3-1-2-4-12/h6-7,9,12,16-17H,1-5,8,10-11H2/t16-,17+/m0/s1. The molecule has 0 N–H and O–H groups in total. The normalized spacial score (nSPS) is 28.2. The van der Waals surface area contributed by atoms with Gasteiger partial charge in [0.05, 0.1) is 28.3 Å². The number of benzene rings is 1. The number of rotatable bonds is 4. The van der Waals surface area contributed by atoms with Gasteiger partial charge < -0.3 is 4.90 Å². The van der Waals surface area contributed by atoms with Gasteiger partial charge in [-0.05, 0) is 30.5 Å². The van der Waals surface area contributed by atoms with Gasteiger partial charge >= 0.3 is 0 Å². The first-order chi connectivity index (χ1) is 13.3. The number of hydrogen-bond acceptors (Lipinski definition) is 4. The fourth-order valence-electron chi connectivity index (χ4n) is 4.31. The number of carbonyl (C=O) groups is 1. The smallest absolute Gasteiger partial charge is 0.248 e. The van der Waals surface area contributed by atoms with Crippen molar-refractivity contribution in [1.29, 1.82) is 0 Å². The van der Waals surface area contributed by atoms with Crippen LogP contribution in [-0.4, -0.2) is 42.3 Å². The van der Waals surface area contributed by atoms with Gasteiger partial charge in [-0.15, -0.1) is 0 Å². The van der Waals surface area contributed by atoms with Crippen molar-refractivity contribution in [2.45, 2.75) is 49.8 Å². The quantitative estimate of drug-likeness (QED) is 0.595. The Morgan fingerprint density at radius 3 is 2.75 bits per heavy atom. The van der Waals surface area contributed by atoms with Gasteiger partial charge in [0.2, 0.25) is 5.91 Å². The maximum absolute atomic E-state index is 12.5. The number of halogens is 2. The summed E-state index contributed by atoms with van der Waals surface area (Å²) in [6, 6.07) is 5.24. The number of anilines is 1. The van der Waals surface area contributed by atoms with E-state index in [-0.39, 0.29) is 28.7 Å². The number of aliphatic imine (C=N–C) groups is 1. The van der Waals surface area contributed by atoms with Crippen molar-refractivity contribution in [2.24, 2.45) is 10.9 Å². The highest BCUT2D eigenvalue weighted by atomic mass is 79.9. The van der Waals surface area contributed by atoms with Gasteiger partial charge in [-0.1, -0.05) is 65.0 Å². The molecule has 0 bridgehead atoms. The van der Waals surface area contributed by atoms with Gasteiger partial charge in [-0.3, -0.25) is 4.79 Å². The van der Waals surface area contributed by atoms with Crippen LogP contribution < -0.4 is 4.90 Å². The lowest BCUT2D eigenvalue weighted by molar-refractivity contribution is -0.118. The number of carbonyl (C=O) groups excluding carboxylic acids is 1. The van der Waals surface area contributed by atoms with Crippen molar-refractivity contribution in [3.63, 3.8) is 0 Å². The van der Waals surface area contributed by atoms with Crippen molar-refractivity contribution in [3.05, 3.63) is 27.7 Å². The molecule has 2 aliphatic heterocycles. The maximum atomic E-state index is 12.5. The predicted octanol–water partition coefficient (Wildman–Crippen LogP) is 4.67. The zero-order chi connectivity index (χ0) is 19.9. The molecule has 1 aromatic rings. The Morgan fingerprint density at radius 1 is 1.29 bits per heavy atom. The number of thioether (sulfide) groups is 1. The van der Waals surface area contributed by atoms with Crippen molar-refractivity contribution in [1.82, 2.24) is 0 Å². The Morgan fingerprint density at radius 2 is 2.04 bits per heavy atom. The topological polar surface area (TPSA) is 66.8 Å². The van der Waals surface area contributed by atoms with Crippen molar-refractivity contribution in [3.8, 4) is 0 Å². The average molecular weight is 506 g/mol. The van der Waals surface area contributed by atoms with Gasteiger partial charge in [0.15, 0.2) is 15.0 Å². The van der Waals surface area contributed by atoms with Crippen LogP contribution in [0.2, 0.25) is 5.02 Å². The average Bonchev–Trinajstić information content (AvgIpc) is 3.29. The van der Waals surface area contributed by atoms with Crippen molar-refractivity contribution >= 4 is 65.9 Å². The number of nitrogens with zero attached hydrogens (tertiary/aromatic N) is 2. The second-order valence-electron chi connectivity index (χ2n) is 7.74. The molecule has 2 atom stereocenters. The molecule has 1 saturated carbocycles. The first kappa shape index (κ1) is 20.7. The van der Waals surface area contributed by atoms with Crippen molar-refractivity contribution in [2.75, 3.05) is 16.4 Å². The van der Waals surface area contributed by atoms with E-state index in [1.165, 1.54) is 37.4 Å². The molecule has 1 aromatic carbocycles. The number of amides is 1. The lowest BCUT2D eigenvalue weighted by Crippen LogP contribution is -2.37. The summed E-state index contributed by atoms with van der Waals surface area (Å²) < 4.78 is 25.1. The van der Waals surface area contributed by atoms with E-state index in [0.717, 1.165) is 10.9 Å². The zero-order valence-corrected chi connectivity index (χ0v) is 19.3. The predicted molar refractivity (Wildman–Crippen MR) is 119 cm³/mol. The molecule has 0 aromatic heterocycles. The SMILES string of the molecule is O=C(CCC1CCCC1)N=C1S[C@@H]2CS(=O)(=O)C[C@@H]2N1c1ccc(Br)cc1Cl. The summed E-state index contributed by atoms with van der Waals surface area (Å²) in [4.78, 5) is 18.8. The highest BCUT2D eigenvalue weighted by molar-refractivity contribution is 9.10. The highest BCUT2D eigenvalue weighted by Gasteiger charge is 2.49. The van der Waals surface area contributed by atoms with E-state index in [2.05, 4.69) is 20.9 Å². The minimum absolute atomic E-state index is 0.0618. The molecule has 2 heterocycles. The second-order valence-corrected chi connectivity index (χ2v) is 12.4. The third-order valence-electron chi connectivity index (χ3n) is 5.70. The van der Waals surface area contributed by atoms with Crippen LogP contribution in [0, 0.1) is 5.92 Å². The van der Waals surface area contributed by atoms with Gasteiger partial charge in [0.1, 0.15) is 0 Å². The molecular weight excluding hydrogens is 484 g/mol. The van der Waals surface area contributed by atoms with Crippen LogP contribution in [0.5, 0.6) is 0 Å². The monoisotopic (exact) mass is 504 g/mol. The van der Waals surface area contributed by atoms with Crippen LogP contribution >= 0.6 is 39.3 Å². The lowest BCUT2D eigenvalue weighted by Gasteiger charge is -2.25. The van der Waals surface area contributed by atoms with E-state index < -0.39 is 9.84 Å². The maximum Gasteiger partial charge on any atom is 0.248 e. The highest BCUT2D eigenvalue weighted by Crippen LogP contribution is 2.43. The number of amidine groups is 1. The van der Waals surface area contributed by atoms with Gasteiger partial charge in [-0.2, -0.15) is 4.99 Å². The fourth-order valence-corrected chi connectivity index (χ4v) is 9.00. The third-order valence-corrected chi connectivity index (χ3v) is 9.70. The Balaban J connectivity index is 1.58. The molecular formula is C19H22BrClN2O3S2. The molecule has 28 heavy (non-hydrogen) atoms. The second kappa shape index (κ2) is 8.28. The van der Waals surface area contributed by atoms with E-state index in [0.29, 0.717) is 28.2 Å². The molecule has 0 radical (unpaired) electrons. The van der Waals surface area contributed by atoms with E-state index in [1.807, 2.05) is 17.0 Å². The minimum Gasteiger partial charge on any atom is -0.314 e. The van der Waals surface area contributed by atoms with E-state index in [1.54, 1.807) is 6.07 Å². The van der Waals surface area contributed by atoms with Crippen LogP contribution in [0.25, 0.3) is 0 Å². The summed E-state index contributed by atoms with van der Waals surface area (Å²) in [5, 5.41) is 0.961. The Kier molecular flexibility index (Phi) is 6.12. The molecule has 2 saturated heterocycles. The molecule has 5 nitrogen and oxygen atoms in total. The molecule has 1 aliphatic carbocycles. The van der Waals surface area contributed by atoms with Crippen LogP contribution in [0.15, 0.2) is 27.7 Å². The number of hydrogen-bond donors (Lipinski definition) is 0. The Labute approximate surface area is 183 Å². The van der Waals surface area contributed by atoms with E-state index in [9.17, 15) is 13.2 Å². The first-order valence-corrected chi connectivity index (χ1v) is 13.4. The Bertz CT molecular complexity index is 916. The lowest BCUT2D eigenvalue weighted by atomic mass is 10.0. The van der Waals surface area contributed by atoms with Crippen molar-refractivity contribution < 1.29 is 13.2 Å². The van der Waals surface area contributed by atoms with E-state index in [4.69, 9.17) is 11.6 Å². The summed E-state index contributed by atoms with van der Waals surface area (Å²) in [5.74, 6) is 0.687. The van der Waals surface area contributed by atoms with E-state index >= 15 is 0 Å². The van der Waals surface area contributed by atoms with Crippen LogP contribution in [-0.2, 0) is 14.6 Å². The molecule has 152 valence electrons. The van der Waals surface area contributed by atoms with Crippen LogP contribution in [0.3, 0.4) is 0 Å². The zero-order valence-electron chi connectivity index (χ0n) is 15.3. The number of fused-ring (bicyclic) bond motifs is 1. The summed E-state index contributed by atoms with van der Waals surface area (Å²) in [7, 11) is -3.10. The summed E-state index contributed by atoms with van der Waals surface area (Å²) in [5.41, 5.74) is 0.698. The molecule has 1 amide bonds. The summed E-state index contributed by atoms with van der Waals surface area (Å²) in [6.07, 6.45) is 6.28. The molecule has 3 aliphatic rings. The van der Waals surface area contributed by atoms with Gasteiger partial charge in [0, 0.05) is 16.1 Å². The summed E-state index contributed by atoms with van der Waals surface area (Å²) >= 11 is 11.2. The van der Waals surface area contributed by atoms with Crippen LogP contribution in [0.1, 0.15) is 38.5 Å². The Hall–Kier alpha value is -0.570. The molecule has 3 fully saturated rings. The third kappa shape index (κ3) is 4.45. The number of sulfone groups is 1. The fraction of sp³-hybridized carbons (Fsp3) is 0.579. The molecule has 0 unspecified atom stereocenters. The summed E-state index contributed by atoms with van der Waals surface area (Å²) in [6.45, 7) is 0. The van der Waals surface area contributed by atoms with Gasteiger partial charge in [0.25, 0.3) is 0 Å². The largest absolute Gasteiger partial charge is 0.314 e.